The Hall–Kier alpha value is -1.85. The number of anilines is 1. The zero-order valence-electron chi connectivity index (χ0n) is 10.2. The van der Waals surface area contributed by atoms with Gasteiger partial charge in [0.05, 0.1) is 0 Å². The Morgan fingerprint density at radius 1 is 1.44 bits per heavy atom. The molecule has 1 aromatic heterocycles. The van der Waals surface area contributed by atoms with Crippen molar-refractivity contribution in [2.45, 2.75) is 18.8 Å². The molecule has 3 rings (SSSR count). The molecule has 96 valence electrons. The minimum Gasteiger partial charge on any atom is -0.368 e. The largest absolute Gasteiger partial charge is 0.368 e. The van der Waals surface area contributed by atoms with Gasteiger partial charge in [-0.1, -0.05) is 0 Å². The number of aromatic nitrogens is 2. The molecule has 18 heavy (non-hydrogen) atoms. The van der Waals surface area contributed by atoms with Crippen LogP contribution >= 0.6 is 0 Å². The molecule has 1 aromatic rings. The summed E-state index contributed by atoms with van der Waals surface area (Å²) in [5.41, 5.74) is 1.13. The minimum absolute atomic E-state index is 0.0261. The summed E-state index contributed by atoms with van der Waals surface area (Å²) in [6.07, 6.45) is 4.09. The van der Waals surface area contributed by atoms with Crippen molar-refractivity contribution in [1.29, 1.82) is 0 Å². The van der Waals surface area contributed by atoms with E-state index in [-0.39, 0.29) is 6.03 Å². The van der Waals surface area contributed by atoms with Crippen molar-refractivity contribution >= 4 is 11.8 Å². The second kappa shape index (κ2) is 4.80. The van der Waals surface area contributed by atoms with E-state index in [1.807, 2.05) is 6.07 Å². The number of amides is 2. The first kappa shape index (κ1) is 11.3. The van der Waals surface area contributed by atoms with Gasteiger partial charge in [-0.25, -0.2) is 14.8 Å². The Balaban J connectivity index is 1.50. The molecule has 1 aliphatic carbocycles. The summed E-state index contributed by atoms with van der Waals surface area (Å²) in [7, 11) is 0. The first-order valence-corrected chi connectivity index (χ1v) is 6.41. The molecule has 2 N–H and O–H groups in total. The maximum absolute atomic E-state index is 11.3. The molecule has 1 aliphatic heterocycles. The standard InChI is InChI=1S/C12H17N5O/c18-12-14-4-6-17(12)5-3-13-11-7-10(9-1-2-9)15-8-16-11/h7-9H,1-6H2,(H,14,18)(H,13,15,16). The molecule has 2 fully saturated rings. The van der Waals surface area contributed by atoms with E-state index in [0.29, 0.717) is 19.0 Å². The van der Waals surface area contributed by atoms with Crippen LogP contribution in [0.5, 0.6) is 0 Å². The SMILES string of the molecule is O=C1NCCN1CCNc1cc(C2CC2)ncn1. The van der Waals surface area contributed by atoms with Gasteiger partial charge >= 0.3 is 6.03 Å². The number of nitrogens with one attached hydrogen (secondary N) is 2. The molecule has 2 heterocycles. The van der Waals surface area contributed by atoms with Gasteiger partial charge in [-0.3, -0.25) is 0 Å². The number of hydrogen-bond donors (Lipinski definition) is 2. The summed E-state index contributed by atoms with van der Waals surface area (Å²) in [6.45, 7) is 2.96. The lowest BCUT2D eigenvalue weighted by atomic mass is 10.3. The zero-order chi connectivity index (χ0) is 12.4. The van der Waals surface area contributed by atoms with E-state index in [1.54, 1.807) is 11.2 Å². The van der Waals surface area contributed by atoms with Crippen LogP contribution in [0.15, 0.2) is 12.4 Å². The van der Waals surface area contributed by atoms with E-state index in [2.05, 4.69) is 20.6 Å². The van der Waals surface area contributed by atoms with Gasteiger partial charge in [0, 0.05) is 43.9 Å². The van der Waals surface area contributed by atoms with E-state index < -0.39 is 0 Å². The molecule has 6 nitrogen and oxygen atoms in total. The van der Waals surface area contributed by atoms with Gasteiger partial charge in [0.1, 0.15) is 12.1 Å². The van der Waals surface area contributed by atoms with Crippen LogP contribution < -0.4 is 10.6 Å². The predicted molar refractivity (Wildman–Crippen MR) is 67.5 cm³/mol. The Morgan fingerprint density at radius 3 is 3.06 bits per heavy atom. The summed E-state index contributed by atoms with van der Waals surface area (Å²) in [6, 6.07) is 2.04. The normalized spacial score (nSPS) is 18.9. The summed E-state index contributed by atoms with van der Waals surface area (Å²) in [5, 5.41) is 6.03. The molecule has 1 saturated heterocycles. The molecule has 0 unspecified atom stereocenters. The maximum atomic E-state index is 11.3. The zero-order valence-corrected chi connectivity index (χ0v) is 10.2. The molecular weight excluding hydrogens is 230 g/mol. The van der Waals surface area contributed by atoms with Gasteiger partial charge in [-0.05, 0) is 12.8 Å². The van der Waals surface area contributed by atoms with Crippen molar-refractivity contribution in [3.05, 3.63) is 18.1 Å². The molecule has 2 aliphatic rings. The van der Waals surface area contributed by atoms with Gasteiger partial charge in [-0.15, -0.1) is 0 Å². The Labute approximate surface area is 106 Å². The van der Waals surface area contributed by atoms with Crippen molar-refractivity contribution in [2.75, 3.05) is 31.5 Å². The first-order chi connectivity index (χ1) is 8.83. The highest BCUT2D eigenvalue weighted by Crippen LogP contribution is 2.39. The van der Waals surface area contributed by atoms with Crippen molar-refractivity contribution in [1.82, 2.24) is 20.2 Å². The lowest BCUT2D eigenvalue weighted by molar-refractivity contribution is 0.219. The highest BCUT2D eigenvalue weighted by Gasteiger charge is 2.25. The van der Waals surface area contributed by atoms with Gasteiger partial charge in [-0.2, -0.15) is 0 Å². The average Bonchev–Trinajstić information content (AvgIpc) is 3.15. The lowest BCUT2D eigenvalue weighted by Crippen LogP contribution is -2.32. The van der Waals surface area contributed by atoms with Gasteiger partial charge in [0.15, 0.2) is 0 Å². The van der Waals surface area contributed by atoms with Crippen molar-refractivity contribution < 1.29 is 4.79 Å². The molecule has 0 radical (unpaired) electrons. The van der Waals surface area contributed by atoms with E-state index in [4.69, 9.17) is 0 Å². The summed E-state index contributed by atoms with van der Waals surface area (Å²) >= 11 is 0. The fourth-order valence-corrected chi connectivity index (χ4v) is 2.11. The van der Waals surface area contributed by atoms with Crippen LogP contribution in [-0.2, 0) is 0 Å². The van der Waals surface area contributed by atoms with Crippen LogP contribution in [0, 0.1) is 0 Å². The van der Waals surface area contributed by atoms with Gasteiger partial charge in [0.2, 0.25) is 0 Å². The molecular formula is C12H17N5O. The fraction of sp³-hybridized carbons (Fsp3) is 0.583. The number of urea groups is 1. The third kappa shape index (κ3) is 2.52. The highest BCUT2D eigenvalue weighted by atomic mass is 16.2. The number of hydrogen-bond acceptors (Lipinski definition) is 4. The Kier molecular flexibility index (Phi) is 3.00. The number of carbonyl (C=O) groups excluding carboxylic acids is 1. The monoisotopic (exact) mass is 247 g/mol. The van der Waals surface area contributed by atoms with Crippen LogP contribution in [0.1, 0.15) is 24.5 Å². The molecule has 0 bridgehead atoms. The topological polar surface area (TPSA) is 70.2 Å². The second-order valence-electron chi connectivity index (χ2n) is 4.75. The molecule has 6 heteroatoms. The van der Waals surface area contributed by atoms with Gasteiger partial charge in [0.25, 0.3) is 0 Å². The van der Waals surface area contributed by atoms with E-state index in [0.717, 1.165) is 24.6 Å². The average molecular weight is 247 g/mol. The molecule has 1 saturated carbocycles. The van der Waals surface area contributed by atoms with Crippen LogP contribution in [-0.4, -0.2) is 47.1 Å². The molecule has 0 spiro atoms. The summed E-state index contributed by atoms with van der Waals surface area (Å²) in [5.74, 6) is 1.49. The predicted octanol–water partition coefficient (Wildman–Crippen LogP) is 0.791. The highest BCUT2D eigenvalue weighted by molar-refractivity contribution is 5.76. The smallest absolute Gasteiger partial charge is 0.317 e. The number of carbonyl (C=O) groups is 1. The van der Waals surface area contributed by atoms with E-state index in [1.165, 1.54) is 12.8 Å². The third-order valence-corrected chi connectivity index (χ3v) is 3.32. The number of nitrogens with zero attached hydrogens (tertiary/aromatic N) is 3. The minimum atomic E-state index is 0.0261. The van der Waals surface area contributed by atoms with Crippen LogP contribution in [0.2, 0.25) is 0 Å². The lowest BCUT2D eigenvalue weighted by Gasteiger charge is -2.14. The van der Waals surface area contributed by atoms with Crippen molar-refractivity contribution in [3.63, 3.8) is 0 Å². The van der Waals surface area contributed by atoms with Crippen LogP contribution in [0.25, 0.3) is 0 Å². The van der Waals surface area contributed by atoms with E-state index >= 15 is 0 Å². The Bertz CT molecular complexity index is 446. The number of rotatable bonds is 5. The van der Waals surface area contributed by atoms with Gasteiger partial charge < -0.3 is 15.5 Å². The Morgan fingerprint density at radius 2 is 2.33 bits per heavy atom. The third-order valence-electron chi connectivity index (χ3n) is 3.32. The quantitative estimate of drug-likeness (QED) is 0.807. The van der Waals surface area contributed by atoms with Crippen molar-refractivity contribution in [3.8, 4) is 0 Å². The summed E-state index contributed by atoms with van der Waals surface area (Å²) < 4.78 is 0. The van der Waals surface area contributed by atoms with Crippen LogP contribution in [0.3, 0.4) is 0 Å². The molecule has 0 atom stereocenters. The van der Waals surface area contributed by atoms with E-state index in [9.17, 15) is 4.79 Å². The fourth-order valence-electron chi connectivity index (χ4n) is 2.11. The summed E-state index contributed by atoms with van der Waals surface area (Å²) in [4.78, 5) is 21.6. The van der Waals surface area contributed by atoms with Crippen LogP contribution in [0.4, 0.5) is 10.6 Å². The maximum Gasteiger partial charge on any atom is 0.317 e. The van der Waals surface area contributed by atoms with Crippen molar-refractivity contribution in [2.24, 2.45) is 0 Å². The first-order valence-electron chi connectivity index (χ1n) is 6.41. The molecule has 0 aromatic carbocycles. The molecule has 2 amide bonds. The second-order valence-corrected chi connectivity index (χ2v) is 4.75.